The van der Waals surface area contributed by atoms with E-state index in [2.05, 4.69) is 37.5 Å². The predicted molar refractivity (Wildman–Crippen MR) is 122 cm³/mol. The van der Waals surface area contributed by atoms with Crippen molar-refractivity contribution >= 4 is 12.1 Å². The highest BCUT2D eigenvalue weighted by molar-refractivity contribution is 5.72. The average molecular weight is 393 g/mol. The van der Waals surface area contributed by atoms with Crippen LogP contribution in [0.3, 0.4) is 0 Å². The third kappa shape index (κ3) is 10.4. The summed E-state index contributed by atoms with van der Waals surface area (Å²) in [7, 11) is 0. The molecule has 1 amide bonds. The van der Waals surface area contributed by atoms with Gasteiger partial charge in [-0.3, -0.25) is 9.28 Å². The van der Waals surface area contributed by atoms with Crippen LogP contribution in [-0.2, 0) is 4.79 Å². The molecular formula is C24H46N3O+. The van der Waals surface area contributed by atoms with Crippen LogP contribution < -0.4 is 5.32 Å². The normalized spacial score (nSPS) is 21.6. The molecule has 0 saturated carbocycles. The van der Waals surface area contributed by atoms with E-state index in [1.165, 1.54) is 77.0 Å². The standard InChI is InChI=1S/C24H45N3O/c1-4-6-7-8-9-10-11-12-13-14-15-16-17-18-24-26-20-22-27(24,5-2)21-19-25-23(3)28/h8-9,20,24H,4-7,10-19,21-22H2,1-3H3/p+1/b9-8+. The lowest BCUT2D eigenvalue weighted by Gasteiger charge is -2.38. The van der Waals surface area contributed by atoms with Crippen molar-refractivity contribution in [2.24, 2.45) is 4.99 Å². The molecule has 0 bridgehead atoms. The summed E-state index contributed by atoms with van der Waals surface area (Å²) in [4.78, 5) is 15.9. The van der Waals surface area contributed by atoms with Crippen LogP contribution >= 0.6 is 0 Å². The number of nitrogens with one attached hydrogen (secondary N) is 1. The molecular weight excluding hydrogens is 346 g/mol. The molecule has 2 atom stereocenters. The van der Waals surface area contributed by atoms with E-state index in [1.807, 2.05) is 0 Å². The van der Waals surface area contributed by atoms with Gasteiger partial charge in [-0.15, -0.1) is 0 Å². The molecule has 4 nitrogen and oxygen atoms in total. The summed E-state index contributed by atoms with van der Waals surface area (Å²) in [5.41, 5.74) is 0. The molecule has 0 aromatic carbocycles. The highest BCUT2D eigenvalue weighted by Gasteiger charge is 2.37. The monoisotopic (exact) mass is 392 g/mol. The molecule has 0 saturated heterocycles. The summed E-state index contributed by atoms with van der Waals surface area (Å²) in [6.07, 6.45) is 23.1. The van der Waals surface area contributed by atoms with Crippen LogP contribution in [0.5, 0.6) is 0 Å². The molecule has 0 aliphatic carbocycles. The Morgan fingerprint density at radius 3 is 2.32 bits per heavy atom. The first-order chi connectivity index (χ1) is 13.6. The minimum atomic E-state index is 0.0680. The highest BCUT2D eigenvalue weighted by Crippen LogP contribution is 2.24. The molecule has 4 heteroatoms. The van der Waals surface area contributed by atoms with Crippen molar-refractivity contribution in [3.05, 3.63) is 12.2 Å². The number of carbonyl (C=O) groups is 1. The lowest BCUT2D eigenvalue weighted by Crippen LogP contribution is -2.55. The van der Waals surface area contributed by atoms with E-state index in [9.17, 15) is 4.79 Å². The maximum absolute atomic E-state index is 11.1. The van der Waals surface area contributed by atoms with Gasteiger partial charge in [0.25, 0.3) is 0 Å². The second-order valence-corrected chi connectivity index (χ2v) is 8.40. The summed E-state index contributed by atoms with van der Waals surface area (Å²) in [6.45, 7) is 9.98. The van der Waals surface area contributed by atoms with Crippen molar-refractivity contribution in [3.63, 3.8) is 0 Å². The van der Waals surface area contributed by atoms with E-state index in [0.717, 1.165) is 30.7 Å². The summed E-state index contributed by atoms with van der Waals surface area (Å²) in [5.74, 6) is 0.0680. The number of rotatable bonds is 17. The van der Waals surface area contributed by atoms with Gasteiger partial charge in [-0.25, -0.2) is 4.99 Å². The van der Waals surface area contributed by atoms with E-state index in [-0.39, 0.29) is 5.91 Å². The van der Waals surface area contributed by atoms with Crippen molar-refractivity contribution in [2.45, 2.75) is 104 Å². The van der Waals surface area contributed by atoms with Crippen LogP contribution in [0.2, 0.25) is 0 Å². The first-order valence-electron chi connectivity index (χ1n) is 11.9. The second-order valence-electron chi connectivity index (χ2n) is 8.40. The van der Waals surface area contributed by atoms with E-state index in [0.29, 0.717) is 6.17 Å². The number of likely N-dealkylation sites (N-methyl/N-ethyl adjacent to an activating group) is 1. The number of hydrogen-bond acceptors (Lipinski definition) is 2. The fourth-order valence-corrected chi connectivity index (χ4v) is 4.17. The molecule has 1 heterocycles. The zero-order chi connectivity index (χ0) is 20.5. The van der Waals surface area contributed by atoms with Gasteiger partial charge in [0, 0.05) is 13.3 Å². The molecule has 0 aromatic rings. The Morgan fingerprint density at radius 2 is 1.68 bits per heavy atom. The van der Waals surface area contributed by atoms with Gasteiger partial charge in [-0.1, -0.05) is 64.0 Å². The average Bonchev–Trinajstić information content (AvgIpc) is 3.08. The van der Waals surface area contributed by atoms with Crippen LogP contribution in [0.15, 0.2) is 17.1 Å². The summed E-state index contributed by atoms with van der Waals surface area (Å²) in [5, 5.41) is 2.96. The molecule has 2 unspecified atom stereocenters. The van der Waals surface area contributed by atoms with Crippen molar-refractivity contribution < 1.29 is 9.28 Å². The first-order valence-corrected chi connectivity index (χ1v) is 11.9. The number of aliphatic imine (C=N–C) groups is 1. The fraction of sp³-hybridized carbons (Fsp3) is 0.833. The number of quaternary nitrogens is 1. The maximum atomic E-state index is 11.1. The zero-order valence-electron chi connectivity index (χ0n) is 18.9. The molecule has 1 N–H and O–H groups in total. The van der Waals surface area contributed by atoms with Crippen LogP contribution in [0.4, 0.5) is 0 Å². The third-order valence-corrected chi connectivity index (χ3v) is 6.14. The fourth-order valence-electron chi connectivity index (χ4n) is 4.17. The molecule has 0 fully saturated rings. The van der Waals surface area contributed by atoms with Gasteiger partial charge in [0.2, 0.25) is 5.91 Å². The van der Waals surface area contributed by atoms with E-state index in [1.54, 1.807) is 6.92 Å². The largest absolute Gasteiger partial charge is 0.351 e. The van der Waals surface area contributed by atoms with Crippen LogP contribution in [0.25, 0.3) is 0 Å². The van der Waals surface area contributed by atoms with Crippen LogP contribution in [-0.4, -0.2) is 48.9 Å². The molecule has 162 valence electrons. The molecule has 0 spiro atoms. The first kappa shape index (κ1) is 24.9. The van der Waals surface area contributed by atoms with Gasteiger partial charge in [0.15, 0.2) is 6.17 Å². The summed E-state index contributed by atoms with van der Waals surface area (Å²) in [6, 6.07) is 0. The molecule has 0 aromatic heterocycles. The lowest BCUT2D eigenvalue weighted by atomic mass is 10.1. The molecule has 1 aliphatic heterocycles. The molecule has 1 rings (SSSR count). The highest BCUT2D eigenvalue weighted by atomic mass is 16.1. The van der Waals surface area contributed by atoms with Gasteiger partial charge < -0.3 is 5.32 Å². The van der Waals surface area contributed by atoms with E-state index in [4.69, 9.17) is 4.99 Å². The Bertz CT molecular complexity index is 461. The summed E-state index contributed by atoms with van der Waals surface area (Å²) >= 11 is 0. The van der Waals surface area contributed by atoms with Crippen molar-refractivity contribution in [1.29, 1.82) is 0 Å². The Kier molecular flexibility index (Phi) is 14.0. The Labute approximate surface area is 174 Å². The smallest absolute Gasteiger partial charge is 0.217 e. The Balaban J connectivity index is 2.06. The number of unbranched alkanes of at least 4 members (excludes halogenated alkanes) is 9. The van der Waals surface area contributed by atoms with Gasteiger partial charge >= 0.3 is 0 Å². The Hall–Kier alpha value is -1.16. The number of carbonyl (C=O) groups excluding carboxylic acids is 1. The SMILES string of the molecule is CCCC/C=C/CCCCCCCCCC1N=CC[N+]1(CC)CCNC(C)=O. The van der Waals surface area contributed by atoms with Gasteiger partial charge in [0.05, 0.1) is 25.8 Å². The van der Waals surface area contributed by atoms with Crippen molar-refractivity contribution in [3.8, 4) is 0 Å². The zero-order valence-corrected chi connectivity index (χ0v) is 18.9. The number of allylic oxidation sites excluding steroid dienone is 2. The number of amides is 1. The van der Waals surface area contributed by atoms with Crippen molar-refractivity contribution in [2.75, 3.05) is 26.2 Å². The predicted octanol–water partition coefficient (Wildman–Crippen LogP) is 5.63. The number of hydrogen-bond donors (Lipinski definition) is 1. The van der Waals surface area contributed by atoms with Crippen molar-refractivity contribution in [1.82, 2.24) is 5.32 Å². The lowest BCUT2D eigenvalue weighted by molar-refractivity contribution is -0.935. The second kappa shape index (κ2) is 15.7. The van der Waals surface area contributed by atoms with Gasteiger partial charge in [-0.2, -0.15) is 0 Å². The minimum Gasteiger partial charge on any atom is -0.351 e. The third-order valence-electron chi connectivity index (χ3n) is 6.14. The Morgan fingerprint density at radius 1 is 1.04 bits per heavy atom. The van der Waals surface area contributed by atoms with E-state index >= 15 is 0 Å². The molecule has 1 aliphatic rings. The minimum absolute atomic E-state index is 0.0680. The maximum Gasteiger partial charge on any atom is 0.217 e. The quantitative estimate of drug-likeness (QED) is 0.195. The van der Waals surface area contributed by atoms with Gasteiger partial charge in [0.1, 0.15) is 6.54 Å². The number of nitrogens with zero attached hydrogens (tertiary/aromatic N) is 2. The van der Waals surface area contributed by atoms with Crippen LogP contribution in [0, 0.1) is 0 Å². The summed E-state index contributed by atoms with van der Waals surface area (Å²) < 4.78 is 1.02. The topological polar surface area (TPSA) is 41.5 Å². The van der Waals surface area contributed by atoms with Crippen LogP contribution in [0.1, 0.15) is 97.8 Å². The molecule has 28 heavy (non-hydrogen) atoms. The van der Waals surface area contributed by atoms with Gasteiger partial charge in [-0.05, 0) is 32.6 Å². The molecule has 0 radical (unpaired) electrons. The van der Waals surface area contributed by atoms with E-state index < -0.39 is 0 Å².